The van der Waals surface area contributed by atoms with Crippen molar-refractivity contribution in [3.05, 3.63) is 170 Å². The highest BCUT2D eigenvalue weighted by Crippen LogP contribution is 2.35. The summed E-state index contributed by atoms with van der Waals surface area (Å²) < 4.78 is 4.44. The molecule has 0 spiro atoms. The normalized spacial score (nSPS) is 11.6. The van der Waals surface area contributed by atoms with Crippen LogP contribution in [0.2, 0.25) is 0 Å². The lowest BCUT2D eigenvalue weighted by molar-refractivity contribution is 0.995. The second-order valence-electron chi connectivity index (χ2n) is 12.3. The summed E-state index contributed by atoms with van der Waals surface area (Å²) in [6, 6.07) is 58.4. The van der Waals surface area contributed by atoms with Gasteiger partial charge in [0.05, 0.1) is 33.5 Å². The van der Waals surface area contributed by atoms with Gasteiger partial charge >= 0.3 is 0 Å². The van der Waals surface area contributed by atoms with Crippen LogP contribution in [0.4, 0.5) is 0 Å². The summed E-state index contributed by atoms with van der Waals surface area (Å²) in [5.41, 5.74) is 7.84. The van der Waals surface area contributed by atoms with E-state index in [1.165, 1.54) is 21.5 Å². The maximum atomic E-state index is 5.27. The average molecular weight is 641 g/mol. The Balaban J connectivity index is 1.28. The molecular weight excluding hydrogens is 613 g/mol. The molecule has 0 aliphatic rings. The van der Waals surface area contributed by atoms with Crippen molar-refractivity contribution in [2.24, 2.45) is 0 Å². The number of para-hydroxylation sites is 4. The van der Waals surface area contributed by atoms with Crippen LogP contribution in [0.3, 0.4) is 0 Å². The van der Waals surface area contributed by atoms with Crippen LogP contribution in [0.15, 0.2) is 170 Å². The fourth-order valence-electron chi connectivity index (χ4n) is 7.15. The Bertz CT molecular complexity index is 2560. The zero-order valence-corrected chi connectivity index (χ0v) is 26.8. The Kier molecular flexibility index (Phi) is 6.39. The average Bonchev–Trinajstić information content (AvgIpc) is 3.71. The van der Waals surface area contributed by atoms with E-state index in [4.69, 9.17) is 19.9 Å². The summed E-state index contributed by atoms with van der Waals surface area (Å²) in [6.45, 7) is 0. The molecule has 0 radical (unpaired) electrons. The van der Waals surface area contributed by atoms with E-state index >= 15 is 0 Å². The van der Waals surface area contributed by atoms with Crippen molar-refractivity contribution in [3.63, 3.8) is 0 Å². The minimum atomic E-state index is 0.447. The summed E-state index contributed by atoms with van der Waals surface area (Å²) in [7, 11) is 0. The predicted molar refractivity (Wildman–Crippen MR) is 203 cm³/mol. The SMILES string of the molecule is c1ccc(-c2cc(-n3c4ccccc4c4ccccc43)nc(-c3nc(-c4ccccc4)cc(-n4c5ccccc5c5ccccc54)n3)n2)cc1. The second kappa shape index (κ2) is 11.4. The highest BCUT2D eigenvalue weighted by Gasteiger charge is 2.20. The smallest absolute Gasteiger partial charge is 0.200 e. The van der Waals surface area contributed by atoms with E-state index in [0.717, 1.165) is 56.2 Å². The Morgan fingerprint density at radius 2 is 0.600 bits per heavy atom. The number of aromatic nitrogens is 6. The largest absolute Gasteiger partial charge is 0.294 e. The first-order chi connectivity index (χ1) is 24.8. The Labute approximate surface area is 287 Å². The van der Waals surface area contributed by atoms with E-state index in [2.05, 4.69) is 143 Å². The molecular formula is C44H28N6. The number of benzene rings is 6. The molecule has 0 aliphatic heterocycles. The Morgan fingerprint density at radius 1 is 0.300 bits per heavy atom. The van der Waals surface area contributed by atoms with Crippen LogP contribution in [0.25, 0.3) is 89.4 Å². The number of hydrogen-bond donors (Lipinski definition) is 0. The topological polar surface area (TPSA) is 61.4 Å². The van der Waals surface area contributed by atoms with Crippen LogP contribution in [0.1, 0.15) is 0 Å². The summed E-state index contributed by atoms with van der Waals surface area (Å²) in [5, 5.41) is 4.67. The van der Waals surface area contributed by atoms with Gasteiger partial charge in [-0.1, -0.05) is 133 Å². The first-order valence-corrected chi connectivity index (χ1v) is 16.7. The fourth-order valence-corrected chi connectivity index (χ4v) is 7.15. The zero-order chi connectivity index (χ0) is 33.0. The van der Waals surface area contributed by atoms with Crippen molar-refractivity contribution in [1.29, 1.82) is 0 Å². The van der Waals surface area contributed by atoms with Crippen LogP contribution >= 0.6 is 0 Å². The van der Waals surface area contributed by atoms with E-state index in [-0.39, 0.29) is 0 Å². The van der Waals surface area contributed by atoms with Crippen molar-refractivity contribution in [3.8, 4) is 45.8 Å². The Hall–Kier alpha value is -6.92. The van der Waals surface area contributed by atoms with Gasteiger partial charge in [0.25, 0.3) is 0 Å². The molecule has 0 fully saturated rings. The quantitative estimate of drug-likeness (QED) is 0.188. The third kappa shape index (κ3) is 4.50. The van der Waals surface area contributed by atoms with Crippen LogP contribution in [-0.2, 0) is 0 Å². The maximum Gasteiger partial charge on any atom is 0.200 e. The monoisotopic (exact) mass is 640 g/mol. The molecule has 6 heteroatoms. The van der Waals surface area contributed by atoms with E-state index in [1.54, 1.807) is 0 Å². The van der Waals surface area contributed by atoms with Gasteiger partial charge in [-0.05, 0) is 24.3 Å². The van der Waals surface area contributed by atoms with E-state index < -0.39 is 0 Å². The van der Waals surface area contributed by atoms with Crippen molar-refractivity contribution < 1.29 is 0 Å². The molecule has 234 valence electrons. The van der Waals surface area contributed by atoms with Crippen LogP contribution in [0, 0.1) is 0 Å². The molecule has 0 amide bonds. The van der Waals surface area contributed by atoms with Crippen molar-refractivity contribution in [2.45, 2.75) is 0 Å². The molecule has 0 saturated heterocycles. The van der Waals surface area contributed by atoms with E-state index in [9.17, 15) is 0 Å². The van der Waals surface area contributed by atoms with Crippen LogP contribution < -0.4 is 0 Å². The lowest BCUT2D eigenvalue weighted by Gasteiger charge is -2.14. The second-order valence-corrected chi connectivity index (χ2v) is 12.3. The van der Waals surface area contributed by atoms with Gasteiger partial charge in [-0.3, -0.25) is 9.13 Å². The van der Waals surface area contributed by atoms with Gasteiger partial charge in [0.2, 0.25) is 0 Å². The molecule has 0 atom stereocenters. The van der Waals surface area contributed by atoms with Gasteiger partial charge in [-0.15, -0.1) is 0 Å². The van der Waals surface area contributed by atoms with E-state index in [0.29, 0.717) is 11.6 Å². The van der Waals surface area contributed by atoms with Gasteiger partial charge in [-0.25, -0.2) is 19.9 Å². The van der Waals surface area contributed by atoms with Crippen molar-refractivity contribution in [1.82, 2.24) is 29.1 Å². The molecule has 0 aliphatic carbocycles. The predicted octanol–water partition coefficient (Wildman–Crippen LogP) is 10.5. The number of fused-ring (bicyclic) bond motifs is 6. The molecule has 6 aromatic carbocycles. The lowest BCUT2D eigenvalue weighted by atomic mass is 10.1. The zero-order valence-electron chi connectivity index (χ0n) is 26.8. The lowest BCUT2D eigenvalue weighted by Crippen LogP contribution is -2.07. The third-order valence-electron chi connectivity index (χ3n) is 9.38. The van der Waals surface area contributed by atoms with Gasteiger partial charge in [-0.2, -0.15) is 0 Å². The van der Waals surface area contributed by atoms with Gasteiger partial charge in [0.15, 0.2) is 11.6 Å². The molecule has 0 N–H and O–H groups in total. The van der Waals surface area contributed by atoms with E-state index in [1.807, 2.05) is 36.4 Å². The number of nitrogens with zero attached hydrogens (tertiary/aromatic N) is 6. The van der Waals surface area contributed by atoms with Crippen molar-refractivity contribution in [2.75, 3.05) is 0 Å². The molecule has 50 heavy (non-hydrogen) atoms. The van der Waals surface area contributed by atoms with Gasteiger partial charge < -0.3 is 0 Å². The molecule has 10 rings (SSSR count). The van der Waals surface area contributed by atoms with Gasteiger partial charge in [0, 0.05) is 44.8 Å². The van der Waals surface area contributed by atoms with Gasteiger partial charge in [0.1, 0.15) is 11.6 Å². The first kappa shape index (κ1) is 28.1. The summed E-state index contributed by atoms with van der Waals surface area (Å²) in [5.74, 6) is 2.39. The highest BCUT2D eigenvalue weighted by atomic mass is 15.1. The van der Waals surface area contributed by atoms with Crippen LogP contribution in [-0.4, -0.2) is 29.1 Å². The molecule has 0 saturated carbocycles. The number of hydrogen-bond acceptors (Lipinski definition) is 4. The molecule has 0 bridgehead atoms. The summed E-state index contributed by atoms with van der Waals surface area (Å²) in [6.07, 6.45) is 0. The Morgan fingerprint density at radius 3 is 0.940 bits per heavy atom. The molecule has 4 heterocycles. The molecule has 4 aromatic heterocycles. The fraction of sp³-hybridized carbons (Fsp3) is 0. The number of rotatable bonds is 5. The third-order valence-corrected chi connectivity index (χ3v) is 9.38. The van der Waals surface area contributed by atoms with Crippen LogP contribution in [0.5, 0.6) is 0 Å². The van der Waals surface area contributed by atoms with Crippen molar-refractivity contribution >= 4 is 43.6 Å². The molecule has 0 unspecified atom stereocenters. The standard InChI is InChI=1S/C44H28N6/c1-3-15-29(16-4-1)35-27-41(49-37-23-11-7-19-31(37)32-20-8-12-24-38(32)49)47-43(45-35)44-46-36(30-17-5-2-6-18-30)28-42(48-44)50-39-25-13-9-21-33(39)34-22-10-14-26-40(34)50/h1-28H. The molecule has 10 aromatic rings. The summed E-state index contributed by atoms with van der Waals surface area (Å²) in [4.78, 5) is 20.9. The first-order valence-electron chi connectivity index (χ1n) is 16.7. The minimum absolute atomic E-state index is 0.447. The summed E-state index contributed by atoms with van der Waals surface area (Å²) >= 11 is 0. The molecule has 6 nitrogen and oxygen atoms in total. The highest BCUT2D eigenvalue weighted by molar-refractivity contribution is 6.10. The maximum absolute atomic E-state index is 5.27. The minimum Gasteiger partial charge on any atom is -0.294 e.